The molecular formula is C17H34IN5. The smallest absolute Gasteiger partial charge is 0.191 e. The van der Waals surface area contributed by atoms with E-state index in [-0.39, 0.29) is 24.0 Å². The number of hydrogen-bond acceptors (Lipinski definition) is 2. The molecule has 0 aliphatic rings. The summed E-state index contributed by atoms with van der Waals surface area (Å²) in [5, 5.41) is 11.4. The van der Waals surface area contributed by atoms with Crippen molar-refractivity contribution in [3.05, 3.63) is 17.0 Å². The Labute approximate surface area is 158 Å². The van der Waals surface area contributed by atoms with Crippen molar-refractivity contribution in [1.29, 1.82) is 0 Å². The Kier molecular flexibility index (Phi) is 10.5. The summed E-state index contributed by atoms with van der Waals surface area (Å²) in [6, 6.07) is 0.314. The summed E-state index contributed by atoms with van der Waals surface area (Å²) < 4.78 is 1.96. The molecule has 1 rings (SSSR count). The molecule has 0 aromatic carbocycles. The highest BCUT2D eigenvalue weighted by atomic mass is 127. The van der Waals surface area contributed by atoms with Crippen LogP contribution in [0.15, 0.2) is 4.99 Å². The van der Waals surface area contributed by atoms with Gasteiger partial charge in [-0.05, 0) is 38.7 Å². The van der Waals surface area contributed by atoms with Gasteiger partial charge in [-0.15, -0.1) is 24.0 Å². The Hall–Kier alpha value is -0.790. The van der Waals surface area contributed by atoms with Gasteiger partial charge >= 0.3 is 0 Å². The maximum Gasteiger partial charge on any atom is 0.191 e. The van der Waals surface area contributed by atoms with Crippen LogP contribution in [-0.2, 0) is 13.5 Å². The number of hydrogen-bond donors (Lipinski definition) is 2. The van der Waals surface area contributed by atoms with Crippen LogP contribution in [0.25, 0.3) is 0 Å². The van der Waals surface area contributed by atoms with E-state index >= 15 is 0 Å². The predicted octanol–water partition coefficient (Wildman–Crippen LogP) is 3.19. The summed E-state index contributed by atoms with van der Waals surface area (Å²) in [4.78, 5) is 4.33. The first kappa shape index (κ1) is 22.2. The lowest BCUT2D eigenvalue weighted by Crippen LogP contribution is -2.44. The van der Waals surface area contributed by atoms with Crippen molar-refractivity contribution in [2.24, 2.45) is 18.0 Å². The molecule has 1 heterocycles. The zero-order valence-electron chi connectivity index (χ0n) is 15.7. The molecule has 1 aromatic heterocycles. The van der Waals surface area contributed by atoms with Crippen molar-refractivity contribution in [1.82, 2.24) is 20.4 Å². The van der Waals surface area contributed by atoms with Gasteiger partial charge in [-0.2, -0.15) is 5.10 Å². The van der Waals surface area contributed by atoms with Gasteiger partial charge in [0, 0.05) is 32.4 Å². The van der Waals surface area contributed by atoms with Gasteiger partial charge in [-0.25, -0.2) is 0 Å². The predicted molar refractivity (Wildman–Crippen MR) is 110 cm³/mol. The highest BCUT2D eigenvalue weighted by molar-refractivity contribution is 14.0. The number of guanidine groups is 1. The van der Waals surface area contributed by atoms with Gasteiger partial charge in [0.2, 0.25) is 0 Å². The Morgan fingerprint density at radius 1 is 1.26 bits per heavy atom. The van der Waals surface area contributed by atoms with Crippen LogP contribution in [0.1, 0.15) is 50.6 Å². The summed E-state index contributed by atoms with van der Waals surface area (Å²) in [5.74, 6) is 1.59. The van der Waals surface area contributed by atoms with Crippen molar-refractivity contribution in [3.63, 3.8) is 0 Å². The number of halogens is 1. The summed E-state index contributed by atoms with van der Waals surface area (Å²) >= 11 is 0. The molecule has 0 aliphatic heterocycles. The van der Waals surface area contributed by atoms with Gasteiger partial charge in [0.05, 0.1) is 5.69 Å². The van der Waals surface area contributed by atoms with Crippen LogP contribution in [0, 0.1) is 19.8 Å². The monoisotopic (exact) mass is 435 g/mol. The largest absolute Gasteiger partial charge is 0.356 e. The molecule has 0 radical (unpaired) electrons. The van der Waals surface area contributed by atoms with Crippen molar-refractivity contribution in [3.8, 4) is 0 Å². The minimum Gasteiger partial charge on any atom is -0.356 e. The van der Waals surface area contributed by atoms with E-state index in [1.807, 2.05) is 18.8 Å². The van der Waals surface area contributed by atoms with E-state index in [9.17, 15) is 0 Å². The Morgan fingerprint density at radius 3 is 2.30 bits per heavy atom. The Bertz CT molecular complexity index is 491. The summed E-state index contributed by atoms with van der Waals surface area (Å²) in [7, 11) is 3.83. The Balaban J connectivity index is 0.00000484. The molecule has 0 spiro atoms. The zero-order chi connectivity index (χ0) is 16.7. The lowest BCUT2D eigenvalue weighted by molar-refractivity contribution is 0.479. The summed E-state index contributed by atoms with van der Waals surface area (Å²) in [6.07, 6.45) is 3.35. The molecule has 0 bridgehead atoms. The molecule has 6 heteroatoms. The average Bonchev–Trinajstić information content (AvgIpc) is 2.73. The number of aromatic nitrogens is 2. The minimum absolute atomic E-state index is 0. The van der Waals surface area contributed by atoms with E-state index in [1.54, 1.807) is 0 Å². The minimum atomic E-state index is 0. The van der Waals surface area contributed by atoms with E-state index < -0.39 is 0 Å². The zero-order valence-corrected chi connectivity index (χ0v) is 18.1. The third-order valence-electron chi connectivity index (χ3n) is 4.49. The molecule has 1 aromatic rings. The van der Waals surface area contributed by atoms with E-state index in [2.05, 4.69) is 55.3 Å². The van der Waals surface area contributed by atoms with Crippen LogP contribution in [0.2, 0.25) is 0 Å². The molecule has 0 saturated heterocycles. The van der Waals surface area contributed by atoms with Crippen molar-refractivity contribution < 1.29 is 0 Å². The fourth-order valence-electron chi connectivity index (χ4n) is 2.72. The van der Waals surface area contributed by atoms with Gasteiger partial charge in [0.25, 0.3) is 0 Å². The van der Waals surface area contributed by atoms with Crippen molar-refractivity contribution in [2.75, 3.05) is 13.6 Å². The summed E-state index contributed by atoms with van der Waals surface area (Å²) in [6.45, 7) is 11.9. The van der Waals surface area contributed by atoms with Gasteiger partial charge < -0.3 is 10.6 Å². The molecule has 0 aliphatic carbocycles. The molecule has 23 heavy (non-hydrogen) atoms. The molecule has 0 saturated carbocycles. The molecular weight excluding hydrogens is 401 g/mol. The number of aryl methyl sites for hydroxylation is 2. The second-order valence-electron chi connectivity index (χ2n) is 6.16. The lowest BCUT2D eigenvalue weighted by Gasteiger charge is -2.20. The summed E-state index contributed by atoms with van der Waals surface area (Å²) in [5.41, 5.74) is 3.69. The van der Waals surface area contributed by atoms with Crippen LogP contribution < -0.4 is 10.6 Å². The van der Waals surface area contributed by atoms with Crippen LogP contribution in [0.5, 0.6) is 0 Å². The van der Waals surface area contributed by atoms with E-state index in [4.69, 9.17) is 0 Å². The van der Waals surface area contributed by atoms with E-state index in [0.717, 1.165) is 24.6 Å². The standard InChI is InChI=1S/C17H33N5.HI/c1-8-15(9-2)11-19-17(18-6)20-12(3)10-16-13(4)21-22(7)14(16)5;/h12,15H,8-11H2,1-7H3,(H2,18,19,20);1H. The molecule has 0 amide bonds. The second-order valence-corrected chi connectivity index (χ2v) is 6.16. The lowest BCUT2D eigenvalue weighted by atomic mass is 10.0. The molecule has 1 atom stereocenters. The SMILES string of the molecule is CCC(CC)CNC(=NC)NC(C)Cc1c(C)nn(C)c1C.I. The van der Waals surface area contributed by atoms with Crippen molar-refractivity contribution >= 4 is 29.9 Å². The van der Waals surface area contributed by atoms with E-state index in [1.165, 1.54) is 24.1 Å². The second kappa shape index (κ2) is 10.9. The first-order chi connectivity index (χ1) is 10.4. The highest BCUT2D eigenvalue weighted by Gasteiger charge is 2.14. The van der Waals surface area contributed by atoms with E-state index in [0.29, 0.717) is 12.0 Å². The molecule has 134 valence electrons. The maximum absolute atomic E-state index is 4.49. The average molecular weight is 435 g/mol. The number of aliphatic imine (C=N–C) groups is 1. The highest BCUT2D eigenvalue weighted by Crippen LogP contribution is 2.14. The number of nitrogens with one attached hydrogen (secondary N) is 2. The quantitative estimate of drug-likeness (QED) is 0.393. The number of nitrogens with zero attached hydrogens (tertiary/aromatic N) is 3. The maximum atomic E-state index is 4.49. The fraction of sp³-hybridized carbons (Fsp3) is 0.765. The molecule has 1 unspecified atom stereocenters. The van der Waals surface area contributed by atoms with Gasteiger partial charge in [0.15, 0.2) is 5.96 Å². The Morgan fingerprint density at radius 2 is 1.87 bits per heavy atom. The fourth-order valence-corrected chi connectivity index (χ4v) is 2.72. The van der Waals surface area contributed by atoms with Crippen LogP contribution >= 0.6 is 24.0 Å². The third-order valence-corrected chi connectivity index (χ3v) is 4.49. The molecule has 5 nitrogen and oxygen atoms in total. The van der Waals surface area contributed by atoms with Crippen LogP contribution in [-0.4, -0.2) is 35.4 Å². The first-order valence-electron chi connectivity index (χ1n) is 8.39. The molecule has 0 fully saturated rings. The van der Waals surface area contributed by atoms with Crippen LogP contribution in [0.4, 0.5) is 0 Å². The third kappa shape index (κ3) is 6.69. The topological polar surface area (TPSA) is 54.2 Å². The van der Waals surface area contributed by atoms with Gasteiger partial charge in [-0.1, -0.05) is 26.7 Å². The normalized spacial score (nSPS) is 13.0. The van der Waals surface area contributed by atoms with Crippen LogP contribution in [0.3, 0.4) is 0 Å². The molecule has 2 N–H and O–H groups in total. The van der Waals surface area contributed by atoms with Crippen molar-refractivity contribution in [2.45, 2.75) is 59.9 Å². The van der Waals surface area contributed by atoms with Gasteiger partial charge in [0.1, 0.15) is 0 Å². The first-order valence-corrected chi connectivity index (χ1v) is 8.39. The van der Waals surface area contributed by atoms with Gasteiger partial charge in [-0.3, -0.25) is 9.67 Å². The number of rotatable bonds is 7.